The molecule has 0 atom stereocenters. The number of hydrogen-bond donors (Lipinski definition) is 0. The molecule has 1 aromatic heterocycles. The van der Waals surface area contributed by atoms with Crippen LogP contribution < -0.4 is 9.47 Å². The van der Waals surface area contributed by atoms with Gasteiger partial charge in [-0.15, -0.1) is 0 Å². The molecule has 0 saturated carbocycles. The maximum absolute atomic E-state index is 5.84. The molecule has 0 N–H and O–H groups in total. The first-order valence-electron chi connectivity index (χ1n) is 6.08. The Balaban J connectivity index is 1.98. The maximum Gasteiger partial charge on any atom is 0.127 e. The van der Waals surface area contributed by atoms with Crippen LogP contribution in [0, 0.1) is 0 Å². The van der Waals surface area contributed by atoms with Gasteiger partial charge in [-0.05, 0) is 23.8 Å². The van der Waals surface area contributed by atoms with E-state index in [9.17, 15) is 0 Å². The summed E-state index contributed by atoms with van der Waals surface area (Å²) in [6, 6.07) is 9.87. The molecule has 0 fully saturated rings. The van der Waals surface area contributed by atoms with E-state index in [0.717, 1.165) is 28.8 Å². The third-order valence-corrected chi connectivity index (χ3v) is 3.42. The Hall–Kier alpha value is -1.55. The minimum atomic E-state index is 0.636. The summed E-state index contributed by atoms with van der Waals surface area (Å²) in [5.41, 5.74) is 2.34. The van der Waals surface area contributed by atoms with Crippen molar-refractivity contribution in [1.82, 2.24) is 4.98 Å². The van der Waals surface area contributed by atoms with E-state index in [4.69, 9.17) is 9.47 Å². The van der Waals surface area contributed by atoms with Gasteiger partial charge in [0.15, 0.2) is 0 Å². The number of rotatable bonds is 6. The highest BCUT2D eigenvalue weighted by Gasteiger charge is 2.05. The number of alkyl halides is 1. The van der Waals surface area contributed by atoms with Crippen molar-refractivity contribution in [3.63, 3.8) is 0 Å². The van der Waals surface area contributed by atoms with E-state index in [0.29, 0.717) is 6.61 Å². The molecule has 0 unspecified atom stereocenters. The van der Waals surface area contributed by atoms with Crippen LogP contribution in [-0.2, 0) is 11.8 Å². The van der Waals surface area contributed by atoms with Crippen LogP contribution in [0.25, 0.3) is 0 Å². The van der Waals surface area contributed by atoms with Gasteiger partial charge in [0.25, 0.3) is 0 Å². The van der Waals surface area contributed by atoms with Gasteiger partial charge in [0.2, 0.25) is 0 Å². The average molecular weight is 322 g/mol. The van der Waals surface area contributed by atoms with Crippen LogP contribution in [0.4, 0.5) is 0 Å². The van der Waals surface area contributed by atoms with Crippen LogP contribution >= 0.6 is 15.9 Å². The Bertz CT molecular complexity index is 517. The normalized spacial score (nSPS) is 10.2. The predicted molar refractivity (Wildman–Crippen MR) is 79.1 cm³/mol. The number of methoxy groups -OCH3 is 1. The predicted octanol–water partition coefficient (Wildman–Crippen LogP) is 3.61. The Labute approximate surface area is 121 Å². The molecule has 0 radical (unpaired) electrons. The van der Waals surface area contributed by atoms with Crippen molar-refractivity contribution in [3.8, 4) is 11.5 Å². The molecule has 0 aliphatic carbocycles. The highest BCUT2D eigenvalue weighted by molar-refractivity contribution is 9.08. The van der Waals surface area contributed by atoms with E-state index in [-0.39, 0.29) is 0 Å². The minimum Gasteiger partial charge on any atom is -0.497 e. The SMILES string of the molecule is COc1ccc(CBr)c(OCCc2ccncc2)c1. The van der Waals surface area contributed by atoms with E-state index in [2.05, 4.69) is 20.9 Å². The quantitative estimate of drug-likeness (QED) is 0.762. The first-order chi connectivity index (χ1) is 9.33. The van der Waals surface area contributed by atoms with Crippen LogP contribution in [0.3, 0.4) is 0 Å². The second-order valence-corrected chi connectivity index (χ2v) is 4.62. The van der Waals surface area contributed by atoms with Crippen molar-refractivity contribution in [3.05, 3.63) is 53.9 Å². The van der Waals surface area contributed by atoms with Crippen LogP contribution in [0.1, 0.15) is 11.1 Å². The Morgan fingerprint density at radius 3 is 2.63 bits per heavy atom. The molecular weight excluding hydrogens is 306 g/mol. The summed E-state index contributed by atoms with van der Waals surface area (Å²) in [7, 11) is 1.66. The number of hydrogen-bond acceptors (Lipinski definition) is 3. The average Bonchev–Trinajstić information content (AvgIpc) is 2.48. The second-order valence-electron chi connectivity index (χ2n) is 4.06. The second kappa shape index (κ2) is 7.14. The number of ether oxygens (including phenoxy) is 2. The van der Waals surface area contributed by atoms with E-state index in [1.54, 1.807) is 19.5 Å². The summed E-state index contributed by atoms with van der Waals surface area (Å²) in [4.78, 5) is 4.00. The summed E-state index contributed by atoms with van der Waals surface area (Å²) >= 11 is 3.46. The summed E-state index contributed by atoms with van der Waals surface area (Å²) in [5, 5.41) is 0.765. The van der Waals surface area contributed by atoms with Crippen molar-refractivity contribution in [1.29, 1.82) is 0 Å². The molecule has 3 nitrogen and oxygen atoms in total. The third kappa shape index (κ3) is 3.96. The zero-order valence-electron chi connectivity index (χ0n) is 10.8. The van der Waals surface area contributed by atoms with Gasteiger partial charge in [0.05, 0.1) is 13.7 Å². The van der Waals surface area contributed by atoms with Crippen LogP contribution in [0.5, 0.6) is 11.5 Å². The lowest BCUT2D eigenvalue weighted by Crippen LogP contribution is -2.03. The Morgan fingerprint density at radius 2 is 1.95 bits per heavy atom. The Kier molecular flexibility index (Phi) is 5.21. The van der Waals surface area contributed by atoms with Gasteiger partial charge in [-0.3, -0.25) is 4.98 Å². The lowest BCUT2D eigenvalue weighted by atomic mass is 10.2. The molecule has 1 heterocycles. The molecule has 0 bridgehead atoms. The van der Waals surface area contributed by atoms with Crippen LogP contribution in [0.15, 0.2) is 42.7 Å². The van der Waals surface area contributed by atoms with Crippen LogP contribution in [-0.4, -0.2) is 18.7 Å². The summed E-state index contributed by atoms with van der Waals surface area (Å²) in [5.74, 6) is 1.67. The standard InChI is InChI=1S/C15H16BrNO2/c1-18-14-3-2-13(11-16)15(10-14)19-9-6-12-4-7-17-8-5-12/h2-5,7-8,10H,6,9,11H2,1H3. The molecule has 2 rings (SSSR count). The molecule has 1 aromatic carbocycles. The monoisotopic (exact) mass is 321 g/mol. The highest BCUT2D eigenvalue weighted by Crippen LogP contribution is 2.26. The number of benzene rings is 1. The molecule has 0 spiro atoms. The Morgan fingerprint density at radius 1 is 1.16 bits per heavy atom. The van der Waals surface area contributed by atoms with Gasteiger partial charge in [-0.1, -0.05) is 22.0 Å². The van der Waals surface area contributed by atoms with Gasteiger partial charge in [-0.2, -0.15) is 0 Å². The fraction of sp³-hybridized carbons (Fsp3) is 0.267. The maximum atomic E-state index is 5.84. The van der Waals surface area contributed by atoms with Gasteiger partial charge in [0.1, 0.15) is 11.5 Å². The molecule has 0 aliphatic heterocycles. The molecule has 0 saturated heterocycles. The number of aromatic nitrogens is 1. The molecule has 0 aliphatic rings. The zero-order valence-corrected chi connectivity index (χ0v) is 12.4. The summed E-state index contributed by atoms with van der Waals surface area (Å²) in [6.45, 7) is 0.636. The molecule has 4 heteroatoms. The van der Waals surface area contributed by atoms with Crippen molar-refractivity contribution in [2.45, 2.75) is 11.8 Å². The number of halogens is 1. The smallest absolute Gasteiger partial charge is 0.127 e. The first kappa shape index (κ1) is 13.9. The van der Waals surface area contributed by atoms with Crippen molar-refractivity contribution >= 4 is 15.9 Å². The zero-order chi connectivity index (χ0) is 13.5. The molecule has 100 valence electrons. The fourth-order valence-electron chi connectivity index (χ4n) is 1.73. The number of pyridine rings is 1. The van der Waals surface area contributed by atoms with E-state index < -0.39 is 0 Å². The summed E-state index contributed by atoms with van der Waals surface area (Å²) < 4.78 is 11.1. The van der Waals surface area contributed by atoms with Crippen molar-refractivity contribution in [2.24, 2.45) is 0 Å². The first-order valence-corrected chi connectivity index (χ1v) is 7.20. The van der Waals surface area contributed by atoms with Gasteiger partial charge in [-0.25, -0.2) is 0 Å². The number of nitrogens with zero attached hydrogens (tertiary/aromatic N) is 1. The fourth-order valence-corrected chi connectivity index (χ4v) is 2.20. The third-order valence-electron chi connectivity index (χ3n) is 2.82. The van der Waals surface area contributed by atoms with E-state index in [1.807, 2.05) is 30.3 Å². The minimum absolute atomic E-state index is 0.636. The lowest BCUT2D eigenvalue weighted by molar-refractivity contribution is 0.316. The van der Waals surface area contributed by atoms with Gasteiger partial charge in [0, 0.05) is 35.8 Å². The molecule has 2 aromatic rings. The summed E-state index contributed by atoms with van der Waals surface area (Å²) in [6.07, 6.45) is 4.46. The molecular formula is C15H16BrNO2. The van der Waals surface area contributed by atoms with Crippen molar-refractivity contribution in [2.75, 3.05) is 13.7 Å². The largest absolute Gasteiger partial charge is 0.497 e. The topological polar surface area (TPSA) is 31.4 Å². The molecule has 19 heavy (non-hydrogen) atoms. The van der Waals surface area contributed by atoms with Crippen LogP contribution in [0.2, 0.25) is 0 Å². The highest BCUT2D eigenvalue weighted by atomic mass is 79.9. The molecule has 0 amide bonds. The van der Waals surface area contributed by atoms with Crippen molar-refractivity contribution < 1.29 is 9.47 Å². The van der Waals surface area contributed by atoms with Gasteiger partial charge >= 0.3 is 0 Å². The lowest BCUT2D eigenvalue weighted by Gasteiger charge is -2.11. The van der Waals surface area contributed by atoms with Gasteiger partial charge < -0.3 is 9.47 Å². The van der Waals surface area contributed by atoms with E-state index >= 15 is 0 Å². The van der Waals surface area contributed by atoms with E-state index in [1.165, 1.54) is 5.56 Å².